The Balaban J connectivity index is 2.13. The first kappa shape index (κ1) is 9.73. The summed E-state index contributed by atoms with van der Waals surface area (Å²) in [5.41, 5.74) is 4.83. The summed E-state index contributed by atoms with van der Waals surface area (Å²) in [6.45, 7) is 0.993. The summed E-state index contributed by atoms with van der Waals surface area (Å²) in [6.07, 6.45) is 1.03. The topological polar surface area (TPSA) is 12.0 Å². The summed E-state index contributed by atoms with van der Waals surface area (Å²) >= 11 is 6.28. The van der Waals surface area contributed by atoms with Crippen LogP contribution in [0.2, 0.25) is 5.02 Å². The van der Waals surface area contributed by atoms with E-state index in [9.17, 15) is 0 Å². The van der Waals surface area contributed by atoms with Crippen molar-refractivity contribution in [3.63, 3.8) is 0 Å². The highest BCUT2D eigenvalue weighted by molar-refractivity contribution is 6.32. The van der Waals surface area contributed by atoms with Crippen LogP contribution in [0.15, 0.2) is 42.5 Å². The van der Waals surface area contributed by atoms with Gasteiger partial charge in [0.1, 0.15) is 0 Å². The number of hydrogen-bond acceptors (Lipinski definition) is 1. The van der Waals surface area contributed by atoms with Gasteiger partial charge in [0.2, 0.25) is 0 Å². The third-order valence-corrected chi connectivity index (χ3v) is 3.33. The van der Waals surface area contributed by atoms with Gasteiger partial charge < -0.3 is 5.32 Å². The molecule has 80 valence electrons. The largest absolute Gasteiger partial charge is 0.384 e. The van der Waals surface area contributed by atoms with Crippen molar-refractivity contribution in [1.29, 1.82) is 0 Å². The van der Waals surface area contributed by atoms with Crippen molar-refractivity contribution in [3.8, 4) is 11.1 Å². The van der Waals surface area contributed by atoms with Crippen LogP contribution in [0.25, 0.3) is 11.1 Å². The Morgan fingerprint density at radius 3 is 2.62 bits per heavy atom. The van der Waals surface area contributed by atoms with Gasteiger partial charge in [0.05, 0.1) is 0 Å². The summed E-state index contributed by atoms with van der Waals surface area (Å²) in [6, 6.07) is 14.6. The molecule has 0 unspecified atom stereocenters. The lowest BCUT2D eigenvalue weighted by Crippen LogP contribution is -1.90. The van der Waals surface area contributed by atoms with E-state index in [1.165, 1.54) is 22.4 Å². The normalized spacial score (nSPS) is 13.3. The Morgan fingerprint density at radius 2 is 1.81 bits per heavy atom. The molecule has 1 heterocycles. The Labute approximate surface area is 100 Å². The Bertz CT molecular complexity index is 520. The quantitative estimate of drug-likeness (QED) is 0.780. The van der Waals surface area contributed by atoms with Crippen molar-refractivity contribution in [2.75, 3.05) is 11.9 Å². The molecule has 16 heavy (non-hydrogen) atoms. The van der Waals surface area contributed by atoms with E-state index in [1.807, 2.05) is 18.2 Å². The van der Waals surface area contributed by atoms with Gasteiger partial charge in [0, 0.05) is 17.3 Å². The van der Waals surface area contributed by atoms with Gasteiger partial charge >= 0.3 is 0 Å². The fourth-order valence-corrected chi connectivity index (χ4v) is 2.48. The molecule has 0 spiro atoms. The maximum absolute atomic E-state index is 6.28. The molecule has 0 saturated carbocycles. The van der Waals surface area contributed by atoms with E-state index in [-0.39, 0.29) is 0 Å². The lowest BCUT2D eigenvalue weighted by molar-refractivity contribution is 1.11. The van der Waals surface area contributed by atoms with Gasteiger partial charge in [-0.2, -0.15) is 0 Å². The number of fused-ring (bicyclic) bond motifs is 1. The van der Waals surface area contributed by atoms with Crippen molar-refractivity contribution >= 4 is 17.3 Å². The van der Waals surface area contributed by atoms with E-state index in [4.69, 9.17) is 11.6 Å². The highest BCUT2D eigenvalue weighted by atomic mass is 35.5. The molecule has 3 rings (SSSR count). The van der Waals surface area contributed by atoms with E-state index < -0.39 is 0 Å². The Kier molecular flexibility index (Phi) is 2.33. The monoisotopic (exact) mass is 229 g/mol. The van der Waals surface area contributed by atoms with Crippen molar-refractivity contribution in [2.45, 2.75) is 6.42 Å². The summed E-state index contributed by atoms with van der Waals surface area (Å²) in [5.74, 6) is 0. The van der Waals surface area contributed by atoms with E-state index in [1.54, 1.807) is 0 Å². The maximum atomic E-state index is 6.28. The number of halogens is 1. The van der Waals surface area contributed by atoms with Crippen molar-refractivity contribution in [3.05, 3.63) is 53.1 Å². The van der Waals surface area contributed by atoms with Crippen LogP contribution in [-0.4, -0.2) is 6.54 Å². The molecular formula is C14H12ClN. The third-order valence-electron chi connectivity index (χ3n) is 2.99. The second kappa shape index (κ2) is 3.84. The first-order valence-electron chi connectivity index (χ1n) is 5.46. The summed E-state index contributed by atoms with van der Waals surface area (Å²) in [7, 11) is 0. The zero-order chi connectivity index (χ0) is 11.0. The minimum atomic E-state index is 0.876. The lowest BCUT2D eigenvalue weighted by atomic mass is 10.0. The van der Waals surface area contributed by atoms with Crippen LogP contribution in [0.3, 0.4) is 0 Å². The fourth-order valence-electron chi connectivity index (χ4n) is 2.17. The van der Waals surface area contributed by atoms with Crippen molar-refractivity contribution < 1.29 is 0 Å². The number of hydrogen-bond donors (Lipinski definition) is 1. The molecule has 2 aromatic carbocycles. The average molecular weight is 230 g/mol. The molecule has 0 atom stereocenters. The van der Waals surface area contributed by atoms with Crippen LogP contribution >= 0.6 is 11.6 Å². The molecule has 1 aliphatic rings. The molecule has 0 aliphatic carbocycles. The van der Waals surface area contributed by atoms with Crippen LogP contribution in [0.4, 0.5) is 5.69 Å². The number of nitrogens with one attached hydrogen (secondary N) is 1. The van der Waals surface area contributed by atoms with Crippen molar-refractivity contribution in [2.24, 2.45) is 0 Å². The molecule has 0 radical (unpaired) electrons. The molecule has 1 nitrogen and oxygen atoms in total. The number of anilines is 1. The molecule has 1 N–H and O–H groups in total. The summed E-state index contributed by atoms with van der Waals surface area (Å²) in [4.78, 5) is 0. The second-order valence-corrected chi connectivity index (χ2v) is 4.43. The third kappa shape index (κ3) is 1.57. The average Bonchev–Trinajstić information content (AvgIpc) is 2.79. The summed E-state index contributed by atoms with van der Waals surface area (Å²) < 4.78 is 0. The van der Waals surface area contributed by atoms with Gasteiger partial charge in [-0.3, -0.25) is 0 Å². The number of rotatable bonds is 1. The van der Waals surface area contributed by atoms with E-state index in [0.717, 1.165) is 18.0 Å². The van der Waals surface area contributed by atoms with Gasteiger partial charge in [0.25, 0.3) is 0 Å². The van der Waals surface area contributed by atoms with Crippen LogP contribution in [0.1, 0.15) is 5.56 Å². The van der Waals surface area contributed by atoms with Gasteiger partial charge in [-0.25, -0.2) is 0 Å². The molecule has 0 aromatic heterocycles. The van der Waals surface area contributed by atoms with Crippen LogP contribution in [0, 0.1) is 0 Å². The zero-order valence-corrected chi connectivity index (χ0v) is 9.59. The van der Waals surface area contributed by atoms with Gasteiger partial charge in [0.15, 0.2) is 0 Å². The minimum Gasteiger partial charge on any atom is -0.384 e. The minimum absolute atomic E-state index is 0.876. The van der Waals surface area contributed by atoms with E-state index in [0.29, 0.717) is 0 Å². The van der Waals surface area contributed by atoms with Gasteiger partial charge in [-0.15, -0.1) is 0 Å². The van der Waals surface area contributed by atoms with Crippen LogP contribution in [-0.2, 0) is 6.42 Å². The molecule has 0 bridgehead atoms. The van der Waals surface area contributed by atoms with Crippen LogP contribution < -0.4 is 5.32 Å². The van der Waals surface area contributed by atoms with Crippen molar-refractivity contribution in [1.82, 2.24) is 0 Å². The van der Waals surface area contributed by atoms with Gasteiger partial charge in [-0.05, 0) is 35.2 Å². The van der Waals surface area contributed by atoms with Gasteiger partial charge in [-0.1, -0.05) is 41.9 Å². The maximum Gasteiger partial charge on any atom is 0.0465 e. The fraction of sp³-hybridized carbons (Fsp3) is 0.143. The smallest absolute Gasteiger partial charge is 0.0465 e. The number of benzene rings is 2. The Morgan fingerprint density at radius 1 is 1.00 bits per heavy atom. The van der Waals surface area contributed by atoms with Crippen LogP contribution in [0.5, 0.6) is 0 Å². The zero-order valence-electron chi connectivity index (χ0n) is 8.83. The molecule has 1 aliphatic heterocycles. The first-order valence-corrected chi connectivity index (χ1v) is 5.84. The molecule has 2 aromatic rings. The Hall–Kier alpha value is -1.47. The highest BCUT2D eigenvalue weighted by Gasteiger charge is 2.14. The summed E-state index contributed by atoms with van der Waals surface area (Å²) in [5, 5.41) is 4.24. The first-order chi connectivity index (χ1) is 7.84. The highest BCUT2D eigenvalue weighted by Crippen LogP contribution is 2.34. The molecule has 0 saturated heterocycles. The molecule has 0 amide bonds. The molecule has 2 heteroatoms. The predicted octanol–water partition coefficient (Wildman–Crippen LogP) is 3.98. The molecule has 0 fully saturated rings. The second-order valence-electron chi connectivity index (χ2n) is 4.03. The SMILES string of the molecule is Clc1cc(-c2ccccc2)cc2c1CCN2. The molecular weight excluding hydrogens is 218 g/mol. The standard InChI is InChI=1S/C14H12ClN/c15-13-8-11(10-4-2-1-3-5-10)9-14-12(13)6-7-16-14/h1-5,8-9,16H,6-7H2. The predicted molar refractivity (Wildman–Crippen MR) is 69.1 cm³/mol. The van der Waals surface area contributed by atoms with E-state index in [2.05, 4.69) is 29.6 Å². The van der Waals surface area contributed by atoms with E-state index >= 15 is 0 Å². The lowest BCUT2D eigenvalue weighted by Gasteiger charge is -2.07.